The largest absolute Gasteiger partial charge is 0.490 e. The minimum atomic E-state index is -0.393. The predicted octanol–water partition coefficient (Wildman–Crippen LogP) is 4.78. The van der Waals surface area contributed by atoms with Crippen LogP contribution in [0.15, 0.2) is 57.9 Å². The fourth-order valence-corrected chi connectivity index (χ4v) is 4.10. The summed E-state index contributed by atoms with van der Waals surface area (Å²) >= 11 is 9.88. The first-order valence-corrected chi connectivity index (χ1v) is 10.5. The number of ether oxygens (including phenoxy) is 1. The molecule has 5 nitrogen and oxygen atoms in total. The topological polar surface area (TPSA) is 58.6 Å². The van der Waals surface area contributed by atoms with Gasteiger partial charge in [0.05, 0.1) is 15.5 Å². The van der Waals surface area contributed by atoms with Crippen LogP contribution in [-0.4, -0.2) is 27.2 Å². The highest BCUT2D eigenvalue weighted by atomic mass is 79.9. The zero-order valence-corrected chi connectivity index (χ0v) is 18.4. The summed E-state index contributed by atoms with van der Waals surface area (Å²) in [5.74, 6) is -0.0242. The van der Waals surface area contributed by atoms with Crippen LogP contribution in [0.1, 0.15) is 29.8 Å². The molecular weight excluding hydrogens is 460 g/mol. The van der Waals surface area contributed by atoms with E-state index in [2.05, 4.69) is 21.4 Å². The van der Waals surface area contributed by atoms with Gasteiger partial charge in [0.1, 0.15) is 5.75 Å². The van der Waals surface area contributed by atoms with Crippen LogP contribution in [0.25, 0.3) is 6.08 Å². The summed E-state index contributed by atoms with van der Waals surface area (Å²) < 4.78 is 6.77. The van der Waals surface area contributed by atoms with Crippen molar-refractivity contribution in [2.75, 3.05) is 0 Å². The summed E-state index contributed by atoms with van der Waals surface area (Å²) in [4.78, 5) is 25.4. The van der Waals surface area contributed by atoms with E-state index in [1.807, 2.05) is 38.1 Å². The van der Waals surface area contributed by atoms with Gasteiger partial charge in [-0.15, -0.1) is 0 Å². The number of rotatable bonds is 5. The van der Waals surface area contributed by atoms with Crippen molar-refractivity contribution in [2.45, 2.75) is 20.0 Å². The quantitative estimate of drug-likeness (QED) is 0.496. The SMILES string of the molecule is CC(C)Oc1ccc(/C=C2\SC(=S)N(NC(=O)c3ccccc3)C2=O)cc1Br. The Morgan fingerprint density at radius 1 is 1.25 bits per heavy atom. The Kier molecular flexibility index (Phi) is 6.53. The number of carbonyl (C=O) groups excluding carboxylic acids is 2. The molecule has 8 heteroatoms. The molecule has 0 unspecified atom stereocenters. The third-order valence-electron chi connectivity index (χ3n) is 3.66. The molecule has 0 aromatic heterocycles. The molecule has 0 spiro atoms. The van der Waals surface area contributed by atoms with Crippen LogP contribution in [0.2, 0.25) is 0 Å². The van der Waals surface area contributed by atoms with Crippen molar-refractivity contribution in [1.29, 1.82) is 0 Å². The van der Waals surface area contributed by atoms with Crippen LogP contribution >= 0.6 is 39.9 Å². The Morgan fingerprint density at radius 3 is 2.61 bits per heavy atom. The minimum Gasteiger partial charge on any atom is -0.490 e. The van der Waals surface area contributed by atoms with E-state index in [1.54, 1.807) is 30.3 Å². The number of hydrazine groups is 1. The minimum absolute atomic E-state index is 0.0617. The van der Waals surface area contributed by atoms with Crippen LogP contribution in [0.4, 0.5) is 0 Å². The van der Waals surface area contributed by atoms with Gasteiger partial charge in [0.15, 0.2) is 4.32 Å². The number of hydrogen-bond donors (Lipinski definition) is 1. The molecule has 0 saturated carbocycles. The number of thioether (sulfide) groups is 1. The second-order valence-corrected chi connectivity index (χ2v) is 8.71. The molecule has 144 valence electrons. The molecule has 0 aliphatic carbocycles. The van der Waals surface area contributed by atoms with Gasteiger partial charge in [-0.2, -0.15) is 5.01 Å². The van der Waals surface area contributed by atoms with E-state index in [0.29, 0.717) is 10.5 Å². The number of amides is 2. The summed E-state index contributed by atoms with van der Waals surface area (Å²) in [6.45, 7) is 3.91. The Labute approximate surface area is 181 Å². The highest BCUT2D eigenvalue weighted by molar-refractivity contribution is 9.10. The first-order valence-electron chi connectivity index (χ1n) is 8.45. The number of hydrogen-bond acceptors (Lipinski definition) is 5. The van der Waals surface area contributed by atoms with Crippen molar-refractivity contribution >= 4 is 62.1 Å². The first-order chi connectivity index (χ1) is 13.3. The van der Waals surface area contributed by atoms with Gasteiger partial charge in [0.2, 0.25) is 0 Å². The van der Waals surface area contributed by atoms with Crippen LogP contribution in [0.5, 0.6) is 5.75 Å². The molecule has 1 fully saturated rings. The van der Waals surface area contributed by atoms with Crippen molar-refractivity contribution in [1.82, 2.24) is 10.4 Å². The molecule has 2 aromatic rings. The second-order valence-electron chi connectivity index (χ2n) is 6.18. The van der Waals surface area contributed by atoms with Gasteiger partial charge in [-0.25, -0.2) is 0 Å². The number of halogens is 1. The summed E-state index contributed by atoms with van der Waals surface area (Å²) in [5.41, 5.74) is 3.83. The Bertz CT molecular complexity index is 961. The van der Waals surface area contributed by atoms with E-state index < -0.39 is 5.91 Å². The maximum Gasteiger partial charge on any atom is 0.285 e. The molecule has 2 aromatic carbocycles. The van der Waals surface area contributed by atoms with Crippen LogP contribution in [0, 0.1) is 0 Å². The van der Waals surface area contributed by atoms with E-state index in [4.69, 9.17) is 17.0 Å². The van der Waals surface area contributed by atoms with Gasteiger partial charge >= 0.3 is 0 Å². The van der Waals surface area contributed by atoms with Gasteiger partial charge in [-0.3, -0.25) is 15.0 Å². The highest BCUT2D eigenvalue weighted by Gasteiger charge is 2.33. The van der Waals surface area contributed by atoms with Gasteiger partial charge in [0, 0.05) is 5.56 Å². The lowest BCUT2D eigenvalue weighted by molar-refractivity contribution is -0.123. The number of benzene rings is 2. The standard InChI is InChI=1S/C20H17BrN2O3S2/c1-12(2)26-16-9-8-13(10-15(16)21)11-17-19(25)23(20(27)28-17)22-18(24)14-6-4-3-5-7-14/h3-12H,1-2H3,(H,22,24)/b17-11-. The first kappa shape index (κ1) is 20.6. The van der Waals surface area contributed by atoms with Gasteiger partial charge < -0.3 is 4.74 Å². The van der Waals surface area contributed by atoms with E-state index in [-0.39, 0.29) is 16.3 Å². The monoisotopic (exact) mass is 476 g/mol. The van der Waals surface area contributed by atoms with Crippen molar-refractivity contribution in [3.8, 4) is 5.75 Å². The molecule has 1 N–H and O–H groups in total. The molecule has 3 rings (SSSR count). The average molecular weight is 477 g/mol. The third-order valence-corrected chi connectivity index (χ3v) is 5.58. The second kappa shape index (κ2) is 8.89. The molecule has 28 heavy (non-hydrogen) atoms. The van der Waals surface area contributed by atoms with Crippen molar-refractivity contribution in [2.24, 2.45) is 0 Å². The average Bonchev–Trinajstić information content (AvgIpc) is 2.92. The molecule has 1 aliphatic rings. The smallest absolute Gasteiger partial charge is 0.285 e. The Balaban J connectivity index is 1.76. The van der Waals surface area contributed by atoms with Crippen molar-refractivity contribution in [3.05, 3.63) is 69.0 Å². The van der Waals surface area contributed by atoms with Crippen molar-refractivity contribution in [3.63, 3.8) is 0 Å². The molecule has 0 radical (unpaired) electrons. The molecule has 1 aliphatic heterocycles. The molecule has 2 amide bonds. The molecular formula is C20H17BrN2O3S2. The number of thiocarbonyl (C=S) groups is 1. The normalized spacial score (nSPS) is 15.4. The van der Waals surface area contributed by atoms with E-state index in [9.17, 15) is 9.59 Å². The van der Waals surface area contributed by atoms with Crippen LogP contribution in [0.3, 0.4) is 0 Å². The van der Waals surface area contributed by atoms with Crippen molar-refractivity contribution < 1.29 is 14.3 Å². The maximum absolute atomic E-state index is 12.7. The molecule has 1 saturated heterocycles. The van der Waals surface area contributed by atoms with Crippen LogP contribution < -0.4 is 10.2 Å². The zero-order chi connectivity index (χ0) is 20.3. The fourth-order valence-electron chi connectivity index (χ4n) is 2.43. The Morgan fingerprint density at radius 2 is 1.96 bits per heavy atom. The zero-order valence-electron chi connectivity index (χ0n) is 15.1. The summed E-state index contributed by atoms with van der Waals surface area (Å²) in [6.07, 6.45) is 1.80. The van der Waals surface area contributed by atoms with Gasteiger partial charge in [-0.05, 0) is 77.9 Å². The molecule has 0 bridgehead atoms. The van der Waals surface area contributed by atoms with E-state index in [1.165, 1.54) is 0 Å². The predicted molar refractivity (Wildman–Crippen MR) is 119 cm³/mol. The molecule has 0 atom stereocenters. The summed E-state index contributed by atoms with van der Waals surface area (Å²) in [5, 5.41) is 1.10. The van der Waals surface area contributed by atoms with Gasteiger partial charge in [0.25, 0.3) is 11.8 Å². The van der Waals surface area contributed by atoms with E-state index in [0.717, 1.165) is 32.6 Å². The Hall–Kier alpha value is -2.16. The summed E-state index contributed by atoms with van der Waals surface area (Å²) in [7, 11) is 0. The summed E-state index contributed by atoms with van der Waals surface area (Å²) in [6, 6.07) is 14.2. The highest BCUT2D eigenvalue weighted by Crippen LogP contribution is 2.33. The lowest BCUT2D eigenvalue weighted by atomic mass is 10.2. The number of nitrogens with one attached hydrogen (secondary N) is 1. The maximum atomic E-state index is 12.7. The molecule has 1 heterocycles. The van der Waals surface area contributed by atoms with Gasteiger partial charge in [-0.1, -0.05) is 36.0 Å². The third kappa shape index (κ3) is 4.81. The van der Waals surface area contributed by atoms with E-state index >= 15 is 0 Å². The lowest BCUT2D eigenvalue weighted by Crippen LogP contribution is -2.44. The lowest BCUT2D eigenvalue weighted by Gasteiger charge is -2.15. The van der Waals surface area contributed by atoms with Crippen LogP contribution in [-0.2, 0) is 4.79 Å². The number of carbonyl (C=O) groups is 2. The fraction of sp³-hybridized carbons (Fsp3) is 0.150. The number of nitrogens with zero attached hydrogens (tertiary/aromatic N) is 1.